The van der Waals surface area contributed by atoms with Crippen LogP contribution in [0.4, 0.5) is 0 Å². The number of hydrogen-bond acceptors (Lipinski definition) is 2. The monoisotopic (exact) mass is 226 g/mol. The molecule has 0 saturated carbocycles. The van der Waals surface area contributed by atoms with E-state index in [0.717, 1.165) is 32.2 Å². The standard InChI is InChI=1S/C13H26N2O/c1-3-7-11(10-14)13(16)15-9-6-5-8-12(15)4-2/h11-12H,3-10,14H2,1-2H3. The summed E-state index contributed by atoms with van der Waals surface area (Å²) < 4.78 is 0. The van der Waals surface area contributed by atoms with Crippen molar-refractivity contribution in [1.29, 1.82) is 0 Å². The predicted octanol–water partition coefficient (Wildman–Crippen LogP) is 2.15. The summed E-state index contributed by atoms with van der Waals surface area (Å²) in [5.41, 5.74) is 5.71. The van der Waals surface area contributed by atoms with E-state index < -0.39 is 0 Å². The van der Waals surface area contributed by atoms with Gasteiger partial charge in [0, 0.05) is 19.1 Å². The summed E-state index contributed by atoms with van der Waals surface area (Å²) in [4.78, 5) is 14.4. The minimum absolute atomic E-state index is 0.0529. The average Bonchev–Trinajstić information content (AvgIpc) is 2.35. The Bertz CT molecular complexity index is 218. The van der Waals surface area contributed by atoms with Gasteiger partial charge in [-0.25, -0.2) is 0 Å². The van der Waals surface area contributed by atoms with Crippen LogP contribution in [0.1, 0.15) is 52.4 Å². The van der Waals surface area contributed by atoms with Crippen molar-refractivity contribution < 1.29 is 4.79 Å². The molecule has 3 nitrogen and oxygen atoms in total. The number of rotatable bonds is 5. The zero-order valence-corrected chi connectivity index (χ0v) is 10.7. The number of nitrogens with two attached hydrogens (primary N) is 1. The predicted molar refractivity (Wildman–Crippen MR) is 67.1 cm³/mol. The van der Waals surface area contributed by atoms with E-state index >= 15 is 0 Å². The third kappa shape index (κ3) is 3.21. The summed E-state index contributed by atoms with van der Waals surface area (Å²) in [6, 6.07) is 0.465. The Kier molecular flexibility index (Phi) is 5.81. The van der Waals surface area contributed by atoms with Crippen molar-refractivity contribution >= 4 is 5.91 Å². The second-order valence-corrected chi connectivity index (χ2v) is 4.81. The van der Waals surface area contributed by atoms with E-state index in [2.05, 4.69) is 18.7 Å². The lowest BCUT2D eigenvalue weighted by Gasteiger charge is -2.37. The van der Waals surface area contributed by atoms with E-state index in [0.29, 0.717) is 18.5 Å². The van der Waals surface area contributed by atoms with Crippen LogP contribution >= 0.6 is 0 Å². The Balaban J connectivity index is 2.61. The van der Waals surface area contributed by atoms with Crippen molar-refractivity contribution in [3.63, 3.8) is 0 Å². The molecule has 1 aliphatic heterocycles. The Morgan fingerprint density at radius 2 is 2.19 bits per heavy atom. The highest BCUT2D eigenvalue weighted by atomic mass is 16.2. The number of likely N-dealkylation sites (tertiary alicyclic amines) is 1. The SMILES string of the molecule is CCCC(CN)C(=O)N1CCCCC1CC. The maximum atomic E-state index is 12.3. The topological polar surface area (TPSA) is 46.3 Å². The van der Waals surface area contributed by atoms with E-state index in [-0.39, 0.29) is 5.92 Å². The lowest BCUT2D eigenvalue weighted by Crippen LogP contribution is -2.47. The minimum Gasteiger partial charge on any atom is -0.339 e. The first-order valence-corrected chi connectivity index (χ1v) is 6.75. The third-order valence-electron chi connectivity index (χ3n) is 3.65. The minimum atomic E-state index is 0.0529. The molecule has 2 atom stereocenters. The Hall–Kier alpha value is -0.570. The molecule has 2 unspecified atom stereocenters. The van der Waals surface area contributed by atoms with Crippen LogP contribution in [0.5, 0.6) is 0 Å². The lowest BCUT2D eigenvalue weighted by molar-refractivity contribution is -0.139. The highest BCUT2D eigenvalue weighted by Crippen LogP contribution is 2.22. The molecule has 94 valence electrons. The van der Waals surface area contributed by atoms with Gasteiger partial charge in [-0.05, 0) is 32.1 Å². The van der Waals surface area contributed by atoms with Crippen LogP contribution in [0.3, 0.4) is 0 Å². The summed E-state index contributed by atoms with van der Waals surface area (Å²) in [6.07, 6.45) is 6.65. The van der Waals surface area contributed by atoms with Crippen LogP contribution in [0.2, 0.25) is 0 Å². The van der Waals surface area contributed by atoms with Gasteiger partial charge in [0.25, 0.3) is 0 Å². The van der Waals surface area contributed by atoms with Gasteiger partial charge in [0.2, 0.25) is 5.91 Å². The molecule has 0 radical (unpaired) electrons. The second-order valence-electron chi connectivity index (χ2n) is 4.81. The molecule has 1 fully saturated rings. The average molecular weight is 226 g/mol. The van der Waals surface area contributed by atoms with Crippen LogP contribution < -0.4 is 5.73 Å². The normalized spacial score (nSPS) is 23.2. The molecule has 1 rings (SSSR count). The van der Waals surface area contributed by atoms with Gasteiger partial charge in [-0.2, -0.15) is 0 Å². The van der Waals surface area contributed by atoms with Crippen molar-refractivity contribution in [3.8, 4) is 0 Å². The molecule has 1 amide bonds. The molecule has 0 aromatic carbocycles. The highest BCUT2D eigenvalue weighted by molar-refractivity contribution is 5.79. The first-order valence-electron chi connectivity index (χ1n) is 6.75. The largest absolute Gasteiger partial charge is 0.339 e. The van der Waals surface area contributed by atoms with Crippen molar-refractivity contribution in [3.05, 3.63) is 0 Å². The van der Waals surface area contributed by atoms with Gasteiger partial charge in [0.1, 0.15) is 0 Å². The summed E-state index contributed by atoms with van der Waals surface area (Å²) >= 11 is 0. The molecule has 0 bridgehead atoms. The molecule has 0 aromatic heterocycles. The Morgan fingerprint density at radius 1 is 1.44 bits per heavy atom. The van der Waals surface area contributed by atoms with Gasteiger partial charge in [-0.1, -0.05) is 20.3 Å². The van der Waals surface area contributed by atoms with E-state index in [4.69, 9.17) is 5.73 Å². The number of piperidine rings is 1. The molecular weight excluding hydrogens is 200 g/mol. The van der Waals surface area contributed by atoms with Gasteiger partial charge in [-0.3, -0.25) is 4.79 Å². The molecule has 3 heteroatoms. The third-order valence-corrected chi connectivity index (χ3v) is 3.65. The Morgan fingerprint density at radius 3 is 2.75 bits per heavy atom. The molecule has 16 heavy (non-hydrogen) atoms. The van der Waals surface area contributed by atoms with E-state index in [1.807, 2.05) is 0 Å². The van der Waals surface area contributed by atoms with Crippen molar-refractivity contribution in [1.82, 2.24) is 4.90 Å². The van der Waals surface area contributed by atoms with Crippen LogP contribution in [-0.4, -0.2) is 29.9 Å². The fourth-order valence-corrected chi connectivity index (χ4v) is 2.64. The fraction of sp³-hybridized carbons (Fsp3) is 0.923. The number of carbonyl (C=O) groups excluding carboxylic acids is 1. The lowest BCUT2D eigenvalue weighted by atomic mass is 9.95. The zero-order valence-electron chi connectivity index (χ0n) is 10.7. The summed E-state index contributed by atoms with van der Waals surface area (Å²) in [7, 11) is 0. The van der Waals surface area contributed by atoms with Crippen molar-refractivity contribution in [2.24, 2.45) is 11.7 Å². The summed E-state index contributed by atoms with van der Waals surface area (Å²) in [6.45, 7) is 5.73. The number of hydrogen-bond donors (Lipinski definition) is 1. The van der Waals surface area contributed by atoms with Crippen LogP contribution in [-0.2, 0) is 4.79 Å². The molecule has 1 heterocycles. The molecular formula is C13H26N2O. The summed E-state index contributed by atoms with van der Waals surface area (Å²) in [5, 5.41) is 0. The molecule has 1 aliphatic rings. The molecule has 2 N–H and O–H groups in total. The van der Waals surface area contributed by atoms with E-state index in [1.54, 1.807) is 0 Å². The van der Waals surface area contributed by atoms with Crippen molar-refractivity contribution in [2.45, 2.75) is 58.4 Å². The maximum Gasteiger partial charge on any atom is 0.227 e. The first kappa shape index (κ1) is 13.5. The van der Waals surface area contributed by atoms with Crippen molar-refractivity contribution in [2.75, 3.05) is 13.1 Å². The Labute approximate surface area is 99.4 Å². The van der Waals surface area contributed by atoms with Gasteiger partial charge in [0.15, 0.2) is 0 Å². The van der Waals surface area contributed by atoms with Gasteiger partial charge >= 0.3 is 0 Å². The molecule has 0 aliphatic carbocycles. The summed E-state index contributed by atoms with van der Waals surface area (Å²) in [5.74, 6) is 0.355. The zero-order chi connectivity index (χ0) is 12.0. The number of amides is 1. The van der Waals surface area contributed by atoms with E-state index in [1.165, 1.54) is 12.8 Å². The molecule has 0 spiro atoms. The van der Waals surface area contributed by atoms with Gasteiger partial charge in [-0.15, -0.1) is 0 Å². The first-order chi connectivity index (χ1) is 7.74. The highest BCUT2D eigenvalue weighted by Gasteiger charge is 2.29. The smallest absolute Gasteiger partial charge is 0.227 e. The van der Waals surface area contributed by atoms with Gasteiger partial charge < -0.3 is 10.6 Å². The fourth-order valence-electron chi connectivity index (χ4n) is 2.64. The molecule has 0 aromatic rings. The number of carbonyl (C=O) groups is 1. The maximum absolute atomic E-state index is 12.3. The van der Waals surface area contributed by atoms with Gasteiger partial charge in [0.05, 0.1) is 5.92 Å². The second kappa shape index (κ2) is 6.89. The number of nitrogens with zero attached hydrogens (tertiary/aromatic N) is 1. The quantitative estimate of drug-likeness (QED) is 0.781. The van der Waals surface area contributed by atoms with Crippen LogP contribution in [0.15, 0.2) is 0 Å². The van der Waals surface area contributed by atoms with Crippen LogP contribution in [0, 0.1) is 5.92 Å². The molecule has 1 saturated heterocycles. The van der Waals surface area contributed by atoms with E-state index in [9.17, 15) is 4.79 Å². The van der Waals surface area contributed by atoms with Crippen LogP contribution in [0.25, 0.3) is 0 Å².